The third-order valence-electron chi connectivity index (χ3n) is 5.54. The van der Waals surface area contributed by atoms with Crippen molar-refractivity contribution < 1.29 is 9.90 Å². The molecule has 1 saturated heterocycles. The van der Waals surface area contributed by atoms with Gasteiger partial charge in [0.25, 0.3) is 0 Å². The summed E-state index contributed by atoms with van der Waals surface area (Å²) in [6.45, 7) is 6.46. The maximum absolute atomic E-state index is 10.8. The smallest absolute Gasteiger partial charge is 0.303 e. The van der Waals surface area contributed by atoms with Crippen LogP contribution in [0.2, 0.25) is 0 Å². The Bertz CT molecular complexity index is 526. The summed E-state index contributed by atoms with van der Waals surface area (Å²) in [6.07, 6.45) is 8.26. The lowest BCUT2D eigenvalue weighted by Crippen LogP contribution is -2.51. The fourth-order valence-corrected chi connectivity index (χ4v) is 4.07. The van der Waals surface area contributed by atoms with Crippen LogP contribution in [0.25, 0.3) is 0 Å². The molecule has 2 fully saturated rings. The second kappa shape index (κ2) is 9.10. The SMILES string of the molecule is O=C(O)CC1CCC(N2CCN(CCNc3ccnnc3)CC2)CC1. The highest BCUT2D eigenvalue weighted by atomic mass is 16.4. The molecule has 0 amide bonds. The maximum atomic E-state index is 10.8. The molecule has 0 bridgehead atoms. The number of nitrogens with one attached hydrogen (secondary N) is 1. The van der Waals surface area contributed by atoms with E-state index in [1.54, 1.807) is 12.4 Å². The Balaban J connectivity index is 1.32. The first-order chi connectivity index (χ1) is 12.2. The first kappa shape index (κ1) is 18.1. The van der Waals surface area contributed by atoms with Crippen LogP contribution >= 0.6 is 0 Å². The molecule has 2 aliphatic rings. The van der Waals surface area contributed by atoms with Crippen LogP contribution in [0, 0.1) is 5.92 Å². The van der Waals surface area contributed by atoms with Gasteiger partial charge in [0.2, 0.25) is 0 Å². The normalized spacial score (nSPS) is 25.6. The first-order valence-corrected chi connectivity index (χ1v) is 9.39. The van der Waals surface area contributed by atoms with Gasteiger partial charge < -0.3 is 10.4 Å². The monoisotopic (exact) mass is 347 g/mol. The summed E-state index contributed by atoms with van der Waals surface area (Å²) in [5, 5.41) is 20.0. The number of carbonyl (C=O) groups is 1. The van der Waals surface area contributed by atoms with Crippen LogP contribution in [-0.2, 0) is 4.79 Å². The zero-order chi connectivity index (χ0) is 17.5. The quantitative estimate of drug-likeness (QED) is 0.774. The predicted octanol–water partition coefficient (Wildman–Crippen LogP) is 1.54. The molecule has 3 rings (SSSR count). The van der Waals surface area contributed by atoms with Crippen molar-refractivity contribution in [2.75, 3.05) is 44.6 Å². The van der Waals surface area contributed by atoms with E-state index in [4.69, 9.17) is 5.11 Å². The van der Waals surface area contributed by atoms with Crippen molar-refractivity contribution in [2.45, 2.75) is 38.1 Å². The molecule has 1 saturated carbocycles. The van der Waals surface area contributed by atoms with Crippen molar-refractivity contribution in [1.82, 2.24) is 20.0 Å². The molecular formula is C18H29N5O2. The third kappa shape index (κ3) is 5.64. The van der Waals surface area contributed by atoms with E-state index in [1.807, 2.05) is 6.07 Å². The minimum absolute atomic E-state index is 0.348. The summed E-state index contributed by atoms with van der Waals surface area (Å²) in [7, 11) is 0. The fourth-order valence-electron chi connectivity index (χ4n) is 4.07. The van der Waals surface area contributed by atoms with E-state index in [9.17, 15) is 4.79 Å². The van der Waals surface area contributed by atoms with Gasteiger partial charge in [0.1, 0.15) is 0 Å². The molecule has 1 aliphatic heterocycles. The van der Waals surface area contributed by atoms with E-state index in [2.05, 4.69) is 25.3 Å². The summed E-state index contributed by atoms with van der Waals surface area (Å²) < 4.78 is 0. The maximum Gasteiger partial charge on any atom is 0.303 e. The molecule has 0 aromatic carbocycles. The number of anilines is 1. The molecule has 2 N–H and O–H groups in total. The van der Waals surface area contributed by atoms with Crippen molar-refractivity contribution in [3.8, 4) is 0 Å². The molecule has 0 atom stereocenters. The van der Waals surface area contributed by atoms with E-state index >= 15 is 0 Å². The number of piperazine rings is 1. The van der Waals surface area contributed by atoms with Crippen LogP contribution in [0.5, 0.6) is 0 Å². The van der Waals surface area contributed by atoms with Crippen LogP contribution in [0.15, 0.2) is 18.5 Å². The summed E-state index contributed by atoms with van der Waals surface area (Å²) in [6, 6.07) is 2.60. The van der Waals surface area contributed by atoms with Gasteiger partial charge in [-0.1, -0.05) is 0 Å². The van der Waals surface area contributed by atoms with E-state index in [-0.39, 0.29) is 0 Å². The average Bonchev–Trinajstić information content (AvgIpc) is 2.63. The van der Waals surface area contributed by atoms with Crippen LogP contribution in [-0.4, -0.2) is 76.4 Å². The van der Waals surface area contributed by atoms with Crippen LogP contribution in [0.3, 0.4) is 0 Å². The number of carboxylic acid groups (broad SMARTS) is 1. The van der Waals surface area contributed by atoms with Crippen molar-refractivity contribution in [1.29, 1.82) is 0 Å². The molecule has 1 aliphatic carbocycles. The molecule has 1 aromatic rings. The Morgan fingerprint density at radius 2 is 1.92 bits per heavy atom. The lowest BCUT2D eigenvalue weighted by Gasteiger charge is -2.42. The van der Waals surface area contributed by atoms with Crippen LogP contribution < -0.4 is 5.32 Å². The number of aromatic nitrogens is 2. The Kier molecular flexibility index (Phi) is 6.58. The van der Waals surface area contributed by atoms with Gasteiger partial charge in [-0.05, 0) is 37.7 Å². The van der Waals surface area contributed by atoms with E-state index in [1.165, 1.54) is 0 Å². The molecule has 138 valence electrons. The molecular weight excluding hydrogens is 318 g/mol. The molecule has 0 radical (unpaired) electrons. The molecule has 1 aromatic heterocycles. The standard InChI is InChI=1S/C18H29N5O2/c24-18(25)13-15-1-3-17(4-2-15)23-11-9-22(10-12-23)8-7-19-16-5-6-20-21-14-16/h5-6,14-15,17H,1-4,7-13H2,(H,19,20)(H,24,25). The highest BCUT2D eigenvalue weighted by Crippen LogP contribution is 2.30. The topological polar surface area (TPSA) is 81.6 Å². The van der Waals surface area contributed by atoms with Crippen molar-refractivity contribution in [2.24, 2.45) is 5.92 Å². The van der Waals surface area contributed by atoms with Crippen molar-refractivity contribution >= 4 is 11.7 Å². The second-order valence-corrected chi connectivity index (χ2v) is 7.21. The number of aliphatic carboxylic acids is 1. The van der Waals surface area contributed by atoms with Gasteiger partial charge in [0.15, 0.2) is 0 Å². The molecule has 0 unspecified atom stereocenters. The number of hydrogen-bond acceptors (Lipinski definition) is 6. The second-order valence-electron chi connectivity index (χ2n) is 7.21. The molecule has 7 nitrogen and oxygen atoms in total. The van der Waals surface area contributed by atoms with Gasteiger partial charge in [-0.25, -0.2) is 0 Å². The van der Waals surface area contributed by atoms with Gasteiger partial charge in [0, 0.05) is 51.7 Å². The minimum Gasteiger partial charge on any atom is -0.481 e. The summed E-state index contributed by atoms with van der Waals surface area (Å²) in [5.41, 5.74) is 1.02. The van der Waals surface area contributed by atoms with Gasteiger partial charge in [0.05, 0.1) is 18.1 Å². The van der Waals surface area contributed by atoms with Gasteiger partial charge >= 0.3 is 5.97 Å². The molecule has 25 heavy (non-hydrogen) atoms. The number of carboxylic acids is 1. The van der Waals surface area contributed by atoms with Gasteiger partial charge in [-0.15, -0.1) is 0 Å². The Labute approximate surface area is 149 Å². The Hall–Kier alpha value is -1.73. The largest absolute Gasteiger partial charge is 0.481 e. The van der Waals surface area contributed by atoms with Gasteiger partial charge in [-0.2, -0.15) is 10.2 Å². The molecule has 0 spiro atoms. The Morgan fingerprint density at radius 1 is 1.16 bits per heavy atom. The summed E-state index contributed by atoms with van der Waals surface area (Å²) >= 11 is 0. The fraction of sp³-hybridized carbons (Fsp3) is 0.722. The number of nitrogens with zero attached hydrogens (tertiary/aromatic N) is 4. The molecule has 7 heteroatoms. The zero-order valence-corrected chi connectivity index (χ0v) is 14.8. The highest BCUT2D eigenvalue weighted by molar-refractivity contribution is 5.67. The van der Waals surface area contributed by atoms with Crippen molar-refractivity contribution in [3.63, 3.8) is 0 Å². The van der Waals surface area contributed by atoms with E-state index < -0.39 is 5.97 Å². The third-order valence-corrected chi connectivity index (χ3v) is 5.54. The van der Waals surface area contributed by atoms with Crippen LogP contribution in [0.4, 0.5) is 5.69 Å². The van der Waals surface area contributed by atoms with E-state index in [0.717, 1.165) is 70.6 Å². The van der Waals surface area contributed by atoms with Crippen LogP contribution in [0.1, 0.15) is 32.1 Å². The summed E-state index contributed by atoms with van der Waals surface area (Å²) in [4.78, 5) is 16.0. The molecule has 2 heterocycles. The summed E-state index contributed by atoms with van der Waals surface area (Å²) in [5.74, 6) is -0.253. The van der Waals surface area contributed by atoms with E-state index in [0.29, 0.717) is 18.4 Å². The first-order valence-electron chi connectivity index (χ1n) is 9.39. The van der Waals surface area contributed by atoms with Gasteiger partial charge in [-0.3, -0.25) is 14.6 Å². The lowest BCUT2D eigenvalue weighted by molar-refractivity contribution is -0.138. The number of rotatable bonds is 7. The van der Waals surface area contributed by atoms with Crippen molar-refractivity contribution in [3.05, 3.63) is 18.5 Å². The lowest BCUT2D eigenvalue weighted by atomic mass is 9.83. The minimum atomic E-state index is -0.645. The average molecular weight is 347 g/mol. The predicted molar refractivity (Wildman–Crippen MR) is 96.5 cm³/mol. The Morgan fingerprint density at radius 3 is 2.56 bits per heavy atom. The highest BCUT2D eigenvalue weighted by Gasteiger charge is 2.28. The zero-order valence-electron chi connectivity index (χ0n) is 14.8. The number of hydrogen-bond donors (Lipinski definition) is 2.